The molecule has 25 heavy (non-hydrogen) atoms. The molecule has 1 aliphatic rings. The van der Waals surface area contributed by atoms with Crippen LogP contribution in [0.25, 0.3) is 16.8 Å². The van der Waals surface area contributed by atoms with E-state index in [9.17, 15) is 4.79 Å². The molecule has 2 aromatic heterocycles. The summed E-state index contributed by atoms with van der Waals surface area (Å²) in [7, 11) is 0. The molecule has 0 unspecified atom stereocenters. The molecule has 1 saturated carbocycles. The standard InChI is InChI=1S/C19H17N5O/c20-11-1-3-13-5-7-14(8-6-13)16-4-2-12-24-17(16)21-19(23-24)22-18(25)15-9-10-15/h2,4-8,12,15H,1,3,9-10H2,(H,22,23,25). The Morgan fingerprint density at radius 2 is 2.08 bits per heavy atom. The van der Waals surface area contributed by atoms with Crippen LogP contribution in [0.5, 0.6) is 0 Å². The Labute approximate surface area is 145 Å². The van der Waals surface area contributed by atoms with E-state index in [1.165, 1.54) is 0 Å². The van der Waals surface area contributed by atoms with Crippen LogP contribution >= 0.6 is 0 Å². The minimum absolute atomic E-state index is 0.000646. The molecule has 0 aliphatic heterocycles. The molecule has 124 valence electrons. The van der Waals surface area contributed by atoms with Gasteiger partial charge in [0, 0.05) is 24.1 Å². The van der Waals surface area contributed by atoms with Gasteiger partial charge in [-0.3, -0.25) is 10.1 Å². The van der Waals surface area contributed by atoms with Crippen molar-refractivity contribution in [3.05, 3.63) is 48.2 Å². The lowest BCUT2D eigenvalue weighted by Crippen LogP contribution is -2.14. The molecule has 1 N–H and O–H groups in total. The summed E-state index contributed by atoms with van der Waals surface area (Å²) in [5.74, 6) is 0.460. The van der Waals surface area contributed by atoms with E-state index < -0.39 is 0 Å². The molecule has 2 heterocycles. The maximum Gasteiger partial charge on any atom is 0.249 e. The van der Waals surface area contributed by atoms with E-state index in [1.807, 2.05) is 42.6 Å². The average molecular weight is 331 g/mol. The molecule has 6 heteroatoms. The normalized spacial score (nSPS) is 13.6. The largest absolute Gasteiger partial charge is 0.293 e. The molecule has 0 bridgehead atoms. The second kappa shape index (κ2) is 6.36. The number of amides is 1. The van der Waals surface area contributed by atoms with Gasteiger partial charge in [-0.1, -0.05) is 24.3 Å². The van der Waals surface area contributed by atoms with Gasteiger partial charge in [-0.25, -0.2) is 4.52 Å². The quantitative estimate of drug-likeness (QED) is 0.778. The lowest BCUT2D eigenvalue weighted by Gasteiger charge is -2.04. The first-order valence-corrected chi connectivity index (χ1v) is 8.37. The molecule has 1 aromatic carbocycles. The van der Waals surface area contributed by atoms with Crippen molar-refractivity contribution in [3.8, 4) is 17.2 Å². The number of nitrogens with zero attached hydrogens (tertiary/aromatic N) is 4. The minimum Gasteiger partial charge on any atom is -0.293 e. The number of pyridine rings is 1. The van der Waals surface area contributed by atoms with Crippen molar-refractivity contribution < 1.29 is 4.79 Å². The summed E-state index contributed by atoms with van der Waals surface area (Å²) in [4.78, 5) is 16.4. The predicted octanol–water partition coefficient (Wildman–Crippen LogP) is 3.20. The maximum atomic E-state index is 11.9. The third-order valence-corrected chi connectivity index (χ3v) is 4.34. The number of nitriles is 1. The summed E-state index contributed by atoms with van der Waals surface area (Å²) in [6, 6.07) is 14.2. The molecule has 4 rings (SSSR count). The van der Waals surface area contributed by atoms with Crippen molar-refractivity contribution in [2.75, 3.05) is 5.32 Å². The van der Waals surface area contributed by atoms with Gasteiger partial charge in [-0.2, -0.15) is 10.2 Å². The van der Waals surface area contributed by atoms with Crippen LogP contribution < -0.4 is 5.32 Å². The van der Waals surface area contributed by atoms with E-state index in [0.717, 1.165) is 36.0 Å². The van der Waals surface area contributed by atoms with Crippen LogP contribution in [0.2, 0.25) is 0 Å². The lowest BCUT2D eigenvalue weighted by molar-refractivity contribution is -0.117. The maximum absolute atomic E-state index is 11.9. The molecule has 1 amide bonds. The molecule has 0 atom stereocenters. The number of nitrogens with one attached hydrogen (secondary N) is 1. The number of carbonyl (C=O) groups is 1. The first kappa shape index (κ1) is 15.3. The van der Waals surface area contributed by atoms with Gasteiger partial charge in [0.25, 0.3) is 0 Å². The smallest absolute Gasteiger partial charge is 0.249 e. The van der Waals surface area contributed by atoms with Gasteiger partial charge in [-0.05, 0) is 42.5 Å². The Kier molecular flexibility index (Phi) is 3.90. The summed E-state index contributed by atoms with van der Waals surface area (Å²) in [5, 5.41) is 15.8. The van der Waals surface area contributed by atoms with Gasteiger partial charge in [0.1, 0.15) is 0 Å². The van der Waals surface area contributed by atoms with E-state index >= 15 is 0 Å². The van der Waals surface area contributed by atoms with Crippen LogP contribution in [-0.2, 0) is 11.2 Å². The number of carbonyl (C=O) groups excluding carboxylic acids is 1. The number of fused-ring (bicyclic) bond motifs is 1. The fourth-order valence-electron chi connectivity index (χ4n) is 2.79. The fraction of sp³-hybridized carbons (Fsp3) is 0.263. The van der Waals surface area contributed by atoms with Gasteiger partial charge >= 0.3 is 0 Å². The third kappa shape index (κ3) is 3.22. The van der Waals surface area contributed by atoms with E-state index in [2.05, 4.69) is 21.5 Å². The van der Waals surface area contributed by atoms with E-state index in [4.69, 9.17) is 5.26 Å². The molecular formula is C19H17N5O. The summed E-state index contributed by atoms with van der Waals surface area (Å²) in [6.07, 6.45) is 4.98. The van der Waals surface area contributed by atoms with E-state index in [1.54, 1.807) is 4.52 Å². The Morgan fingerprint density at radius 1 is 1.28 bits per heavy atom. The monoisotopic (exact) mass is 331 g/mol. The van der Waals surface area contributed by atoms with Gasteiger partial charge in [-0.15, -0.1) is 5.10 Å². The van der Waals surface area contributed by atoms with Gasteiger partial charge in [0.05, 0.1) is 6.07 Å². The van der Waals surface area contributed by atoms with Gasteiger partial charge < -0.3 is 0 Å². The second-order valence-electron chi connectivity index (χ2n) is 6.24. The third-order valence-electron chi connectivity index (χ3n) is 4.34. The van der Waals surface area contributed by atoms with Gasteiger partial charge in [0.2, 0.25) is 11.9 Å². The van der Waals surface area contributed by atoms with Crippen LogP contribution in [0.15, 0.2) is 42.6 Å². The first-order valence-electron chi connectivity index (χ1n) is 8.37. The average Bonchev–Trinajstić information content (AvgIpc) is 3.40. The Bertz CT molecular complexity index is 964. The number of rotatable bonds is 5. The Hall–Kier alpha value is -3.20. The molecule has 1 aliphatic carbocycles. The molecule has 0 spiro atoms. The molecule has 0 saturated heterocycles. The summed E-state index contributed by atoms with van der Waals surface area (Å²) >= 11 is 0. The molecule has 1 fully saturated rings. The fourth-order valence-corrected chi connectivity index (χ4v) is 2.79. The van der Waals surface area contributed by atoms with Crippen LogP contribution in [0, 0.1) is 17.2 Å². The lowest BCUT2D eigenvalue weighted by atomic mass is 10.0. The van der Waals surface area contributed by atoms with Crippen LogP contribution in [0.1, 0.15) is 24.8 Å². The predicted molar refractivity (Wildman–Crippen MR) is 93.7 cm³/mol. The summed E-state index contributed by atoms with van der Waals surface area (Å²) < 4.78 is 1.68. The number of hydrogen-bond acceptors (Lipinski definition) is 4. The number of aryl methyl sites for hydroxylation is 1. The Balaban J connectivity index is 1.63. The van der Waals surface area contributed by atoms with Crippen molar-refractivity contribution in [2.24, 2.45) is 5.92 Å². The zero-order valence-electron chi connectivity index (χ0n) is 13.6. The second-order valence-corrected chi connectivity index (χ2v) is 6.24. The highest BCUT2D eigenvalue weighted by Crippen LogP contribution is 2.30. The van der Waals surface area contributed by atoms with Gasteiger partial charge in [0.15, 0.2) is 5.65 Å². The van der Waals surface area contributed by atoms with Crippen LogP contribution in [0.3, 0.4) is 0 Å². The SMILES string of the molecule is N#CCCc1ccc(-c2cccn3nc(NC(=O)C4CC4)nc23)cc1. The Morgan fingerprint density at radius 3 is 2.80 bits per heavy atom. The summed E-state index contributed by atoms with van der Waals surface area (Å²) in [5.41, 5.74) is 3.82. The zero-order valence-corrected chi connectivity index (χ0v) is 13.6. The van der Waals surface area contributed by atoms with Crippen LogP contribution in [-0.4, -0.2) is 20.5 Å². The molecule has 6 nitrogen and oxygen atoms in total. The molecule has 3 aromatic rings. The van der Waals surface area contributed by atoms with Crippen molar-refractivity contribution in [3.63, 3.8) is 0 Å². The molecular weight excluding hydrogens is 314 g/mol. The summed E-state index contributed by atoms with van der Waals surface area (Å²) in [6.45, 7) is 0. The minimum atomic E-state index is -0.000646. The van der Waals surface area contributed by atoms with Crippen molar-refractivity contribution in [1.29, 1.82) is 5.26 Å². The number of aromatic nitrogens is 3. The first-order chi connectivity index (χ1) is 12.2. The molecule has 0 radical (unpaired) electrons. The number of hydrogen-bond donors (Lipinski definition) is 1. The van der Waals surface area contributed by atoms with Crippen molar-refractivity contribution in [2.45, 2.75) is 25.7 Å². The van der Waals surface area contributed by atoms with E-state index in [-0.39, 0.29) is 11.8 Å². The zero-order chi connectivity index (χ0) is 17.2. The topological polar surface area (TPSA) is 83.1 Å². The van der Waals surface area contributed by atoms with Crippen molar-refractivity contribution in [1.82, 2.24) is 14.6 Å². The number of benzene rings is 1. The number of anilines is 1. The van der Waals surface area contributed by atoms with Crippen molar-refractivity contribution >= 4 is 17.5 Å². The highest BCUT2D eigenvalue weighted by atomic mass is 16.2. The van der Waals surface area contributed by atoms with E-state index in [0.29, 0.717) is 18.0 Å². The highest BCUT2D eigenvalue weighted by molar-refractivity contribution is 5.93. The van der Waals surface area contributed by atoms with Crippen LogP contribution in [0.4, 0.5) is 5.95 Å². The highest BCUT2D eigenvalue weighted by Gasteiger charge is 2.30.